The third kappa shape index (κ3) is 2.18. The minimum Gasteiger partial charge on any atom is -0.128 e. The van der Waals surface area contributed by atoms with E-state index >= 15 is 0 Å². The summed E-state index contributed by atoms with van der Waals surface area (Å²) < 4.78 is 0. The molecule has 0 saturated heterocycles. The Kier molecular flexibility index (Phi) is 3.49. The fraction of sp³-hybridized carbons (Fsp3) is 0.133. The summed E-state index contributed by atoms with van der Waals surface area (Å²) in [6, 6.07) is 2.05. The molecular formula is C15H16. The molecule has 0 aliphatic rings. The second-order valence-corrected chi connectivity index (χ2v) is 3.54. The SMILES string of the molecule is C=C=Cc1cc(=C)/c(=C\C=C)c(C)c1C. The van der Waals surface area contributed by atoms with Crippen LogP contribution in [-0.4, -0.2) is 0 Å². The molecule has 0 saturated carbocycles. The van der Waals surface area contributed by atoms with E-state index in [0.29, 0.717) is 0 Å². The summed E-state index contributed by atoms with van der Waals surface area (Å²) >= 11 is 0. The Labute approximate surface area is 91.3 Å². The topological polar surface area (TPSA) is 0 Å². The number of hydrogen-bond acceptors (Lipinski definition) is 0. The molecule has 15 heavy (non-hydrogen) atoms. The summed E-state index contributed by atoms with van der Waals surface area (Å²) in [5, 5.41) is 2.17. The van der Waals surface area contributed by atoms with E-state index in [-0.39, 0.29) is 0 Å². The van der Waals surface area contributed by atoms with E-state index in [1.165, 1.54) is 11.1 Å². The molecule has 1 aromatic carbocycles. The number of hydrogen-bond donors (Lipinski definition) is 0. The van der Waals surface area contributed by atoms with Gasteiger partial charge in [0, 0.05) is 0 Å². The predicted molar refractivity (Wildman–Crippen MR) is 69.0 cm³/mol. The van der Waals surface area contributed by atoms with Crippen LogP contribution in [0.5, 0.6) is 0 Å². The van der Waals surface area contributed by atoms with Gasteiger partial charge < -0.3 is 0 Å². The Bertz CT molecular complexity index is 538. The molecule has 0 unspecified atom stereocenters. The molecule has 0 heteroatoms. The average molecular weight is 196 g/mol. The van der Waals surface area contributed by atoms with Gasteiger partial charge in [0.05, 0.1) is 0 Å². The Morgan fingerprint density at radius 3 is 2.47 bits per heavy atom. The highest BCUT2D eigenvalue weighted by Crippen LogP contribution is 2.08. The second-order valence-electron chi connectivity index (χ2n) is 3.54. The van der Waals surface area contributed by atoms with Gasteiger partial charge in [-0.15, -0.1) is 5.73 Å². The summed E-state index contributed by atoms with van der Waals surface area (Å²) in [7, 11) is 0. The van der Waals surface area contributed by atoms with E-state index in [0.717, 1.165) is 16.0 Å². The van der Waals surface area contributed by atoms with Crippen molar-refractivity contribution in [2.75, 3.05) is 0 Å². The standard InChI is InChI=1S/C15H16/c1-6-8-14-10-11(3)15(9-7-2)13(5)12(14)4/h7-10H,1-3H2,4-5H3/b15-9+. The van der Waals surface area contributed by atoms with Crippen molar-refractivity contribution in [2.24, 2.45) is 0 Å². The molecule has 76 valence electrons. The first-order valence-corrected chi connectivity index (χ1v) is 4.89. The molecule has 1 rings (SSSR count). The van der Waals surface area contributed by atoms with E-state index in [2.05, 4.69) is 45.4 Å². The van der Waals surface area contributed by atoms with Crippen LogP contribution >= 0.6 is 0 Å². The zero-order valence-electron chi connectivity index (χ0n) is 9.43. The molecule has 0 spiro atoms. The van der Waals surface area contributed by atoms with E-state index in [9.17, 15) is 0 Å². The summed E-state index contributed by atoms with van der Waals surface area (Å²) in [5.74, 6) is 0. The Hall–Kier alpha value is -1.78. The first-order chi connectivity index (χ1) is 7.11. The Morgan fingerprint density at radius 1 is 1.27 bits per heavy atom. The maximum Gasteiger partial charge on any atom is -0.0130 e. The average Bonchev–Trinajstić information content (AvgIpc) is 2.21. The molecular weight excluding hydrogens is 180 g/mol. The first-order valence-electron chi connectivity index (χ1n) is 4.89. The Morgan fingerprint density at radius 2 is 1.93 bits per heavy atom. The molecule has 0 N–H and O–H groups in total. The van der Waals surface area contributed by atoms with Gasteiger partial charge in [-0.1, -0.05) is 31.9 Å². The van der Waals surface area contributed by atoms with E-state index in [1.54, 1.807) is 6.08 Å². The molecule has 0 aliphatic heterocycles. The van der Waals surface area contributed by atoms with Gasteiger partial charge in [0.25, 0.3) is 0 Å². The molecule has 0 aromatic heterocycles. The highest BCUT2D eigenvalue weighted by Gasteiger charge is 2.00. The van der Waals surface area contributed by atoms with E-state index in [1.807, 2.05) is 12.2 Å². The zero-order valence-corrected chi connectivity index (χ0v) is 9.43. The maximum atomic E-state index is 4.04. The first kappa shape index (κ1) is 11.3. The highest BCUT2D eigenvalue weighted by atomic mass is 14.0. The summed E-state index contributed by atoms with van der Waals surface area (Å²) in [4.78, 5) is 0. The zero-order chi connectivity index (χ0) is 11.4. The third-order valence-corrected chi connectivity index (χ3v) is 2.62. The molecule has 0 atom stereocenters. The van der Waals surface area contributed by atoms with Gasteiger partial charge in [0.1, 0.15) is 0 Å². The van der Waals surface area contributed by atoms with Gasteiger partial charge in [-0.25, -0.2) is 0 Å². The van der Waals surface area contributed by atoms with Crippen LogP contribution in [0.4, 0.5) is 0 Å². The fourth-order valence-corrected chi connectivity index (χ4v) is 1.64. The van der Waals surface area contributed by atoms with Crippen LogP contribution in [-0.2, 0) is 0 Å². The largest absolute Gasteiger partial charge is 0.128 e. The van der Waals surface area contributed by atoms with Crippen molar-refractivity contribution < 1.29 is 0 Å². The van der Waals surface area contributed by atoms with Gasteiger partial charge in [0.2, 0.25) is 0 Å². The van der Waals surface area contributed by atoms with Crippen molar-refractivity contribution >= 4 is 18.7 Å². The molecule has 1 aromatic rings. The summed E-state index contributed by atoms with van der Waals surface area (Å²) in [6.45, 7) is 15.5. The number of rotatable bonds is 2. The molecule has 0 fully saturated rings. The lowest BCUT2D eigenvalue weighted by atomic mass is 9.99. The van der Waals surface area contributed by atoms with Crippen molar-refractivity contribution in [3.63, 3.8) is 0 Å². The predicted octanol–water partition coefficient (Wildman–Crippen LogP) is 2.48. The lowest BCUT2D eigenvalue weighted by Crippen LogP contribution is -2.27. The summed E-state index contributed by atoms with van der Waals surface area (Å²) in [5.41, 5.74) is 6.41. The molecule has 0 nitrogen and oxygen atoms in total. The molecule has 0 heterocycles. The van der Waals surface area contributed by atoms with E-state index < -0.39 is 0 Å². The van der Waals surface area contributed by atoms with Crippen molar-refractivity contribution in [1.82, 2.24) is 0 Å². The third-order valence-electron chi connectivity index (χ3n) is 2.62. The van der Waals surface area contributed by atoms with Crippen molar-refractivity contribution in [3.8, 4) is 0 Å². The minimum atomic E-state index is 1.01. The van der Waals surface area contributed by atoms with Crippen LogP contribution in [0.3, 0.4) is 0 Å². The molecule has 0 aliphatic carbocycles. The van der Waals surface area contributed by atoms with Gasteiger partial charge in [-0.2, -0.15) is 0 Å². The maximum absolute atomic E-state index is 4.04. The fourth-order valence-electron chi connectivity index (χ4n) is 1.64. The smallest absolute Gasteiger partial charge is 0.0130 e. The summed E-state index contributed by atoms with van der Waals surface area (Å²) in [6.07, 6.45) is 5.67. The van der Waals surface area contributed by atoms with Crippen LogP contribution in [0.25, 0.3) is 18.7 Å². The Balaban J connectivity index is 3.73. The lowest BCUT2D eigenvalue weighted by molar-refractivity contribution is 1.27. The number of benzene rings is 1. The van der Waals surface area contributed by atoms with E-state index in [4.69, 9.17) is 0 Å². The van der Waals surface area contributed by atoms with Gasteiger partial charge in [0.15, 0.2) is 0 Å². The van der Waals surface area contributed by atoms with Crippen molar-refractivity contribution in [3.05, 3.63) is 58.2 Å². The van der Waals surface area contributed by atoms with Gasteiger partial charge in [-0.3, -0.25) is 0 Å². The molecule has 0 radical (unpaired) electrons. The van der Waals surface area contributed by atoms with Gasteiger partial charge >= 0.3 is 0 Å². The second kappa shape index (κ2) is 4.63. The monoisotopic (exact) mass is 196 g/mol. The van der Waals surface area contributed by atoms with Crippen molar-refractivity contribution in [2.45, 2.75) is 13.8 Å². The van der Waals surface area contributed by atoms with Crippen LogP contribution in [0.15, 0.2) is 31.0 Å². The van der Waals surface area contributed by atoms with Crippen LogP contribution < -0.4 is 10.4 Å². The van der Waals surface area contributed by atoms with Crippen molar-refractivity contribution in [1.29, 1.82) is 0 Å². The van der Waals surface area contributed by atoms with Crippen LogP contribution in [0, 0.1) is 13.8 Å². The highest BCUT2D eigenvalue weighted by molar-refractivity contribution is 5.57. The lowest BCUT2D eigenvalue weighted by Gasteiger charge is -2.05. The van der Waals surface area contributed by atoms with Crippen LogP contribution in [0.2, 0.25) is 0 Å². The molecule has 0 bridgehead atoms. The quantitative estimate of drug-likeness (QED) is 0.637. The van der Waals surface area contributed by atoms with Crippen LogP contribution in [0.1, 0.15) is 16.7 Å². The minimum absolute atomic E-state index is 1.01. The normalized spacial score (nSPS) is 10.9. The molecule has 0 amide bonds. The number of allylic oxidation sites excluding steroid dienone is 1. The van der Waals surface area contributed by atoms with Gasteiger partial charge in [-0.05, 0) is 53.1 Å².